The summed E-state index contributed by atoms with van der Waals surface area (Å²) in [6.07, 6.45) is 19.2. The van der Waals surface area contributed by atoms with Crippen molar-refractivity contribution in [3.8, 4) is 0 Å². The lowest BCUT2D eigenvalue weighted by atomic mass is 10.0. The average molecular weight is 283 g/mol. The van der Waals surface area contributed by atoms with Crippen molar-refractivity contribution >= 4 is 0 Å². The maximum atomic E-state index is 5.22. The number of hydrogen-bond acceptors (Lipinski definition) is 2. The van der Waals surface area contributed by atoms with Gasteiger partial charge in [-0.1, -0.05) is 70.6 Å². The molecule has 1 rings (SSSR count). The monoisotopic (exact) mass is 283 g/mol. The minimum atomic E-state index is 0.646. The van der Waals surface area contributed by atoms with E-state index in [-0.39, 0.29) is 0 Å². The van der Waals surface area contributed by atoms with Gasteiger partial charge in [0, 0.05) is 0 Å². The van der Waals surface area contributed by atoms with Crippen LogP contribution in [0.15, 0.2) is 0 Å². The quantitative estimate of drug-likeness (QED) is 0.310. The Hall–Kier alpha value is -0.0800. The Bertz CT molecular complexity index is 188. The zero-order chi connectivity index (χ0) is 14.5. The van der Waals surface area contributed by atoms with Crippen molar-refractivity contribution < 1.29 is 4.74 Å². The molecular weight excluding hydrogens is 246 g/mol. The molecular formula is C18H37NO. The Morgan fingerprint density at radius 2 is 1.10 bits per heavy atom. The van der Waals surface area contributed by atoms with E-state index in [4.69, 9.17) is 4.74 Å². The van der Waals surface area contributed by atoms with Gasteiger partial charge in [0.15, 0.2) is 0 Å². The van der Waals surface area contributed by atoms with Crippen LogP contribution in [-0.4, -0.2) is 38.3 Å². The molecule has 0 aliphatic carbocycles. The molecule has 1 aliphatic rings. The lowest BCUT2D eigenvalue weighted by Gasteiger charge is -2.08. The highest BCUT2D eigenvalue weighted by molar-refractivity contribution is 4.68. The molecule has 1 atom stereocenters. The van der Waals surface area contributed by atoms with Crippen LogP contribution in [0.5, 0.6) is 0 Å². The van der Waals surface area contributed by atoms with E-state index in [9.17, 15) is 0 Å². The highest BCUT2D eigenvalue weighted by Gasteiger charge is 2.20. The normalized spacial score (nSPS) is 17.9. The van der Waals surface area contributed by atoms with Gasteiger partial charge in [-0.2, -0.15) is 0 Å². The molecule has 0 amide bonds. The van der Waals surface area contributed by atoms with E-state index in [2.05, 4.69) is 19.0 Å². The maximum absolute atomic E-state index is 5.22. The summed E-state index contributed by atoms with van der Waals surface area (Å²) in [6, 6.07) is 0. The first-order chi connectivity index (χ1) is 9.79. The molecule has 0 radical (unpaired) electrons. The standard InChI is InChI=1S/C18H37NO/c1-19(2)16-14-12-10-8-6-4-3-5-7-9-11-13-15-18-17-20-18/h18H,3-17H2,1-2H3. The molecule has 20 heavy (non-hydrogen) atoms. The Morgan fingerprint density at radius 3 is 1.50 bits per heavy atom. The van der Waals surface area contributed by atoms with Crippen molar-refractivity contribution in [3.05, 3.63) is 0 Å². The largest absolute Gasteiger partial charge is 0.373 e. The number of epoxide rings is 1. The molecule has 0 aromatic rings. The summed E-state index contributed by atoms with van der Waals surface area (Å²) >= 11 is 0. The van der Waals surface area contributed by atoms with Crippen LogP contribution in [0.4, 0.5) is 0 Å². The SMILES string of the molecule is CN(C)CCCCCCCCCCCCCCC1CO1. The first kappa shape index (κ1) is 18.0. The van der Waals surface area contributed by atoms with Gasteiger partial charge in [0.2, 0.25) is 0 Å². The minimum absolute atomic E-state index is 0.646. The van der Waals surface area contributed by atoms with E-state index in [0.717, 1.165) is 6.61 Å². The van der Waals surface area contributed by atoms with Crippen LogP contribution in [0.25, 0.3) is 0 Å². The predicted octanol–water partition coefficient (Wildman–Crippen LogP) is 5.02. The van der Waals surface area contributed by atoms with Crippen LogP contribution >= 0.6 is 0 Å². The number of nitrogens with zero attached hydrogens (tertiary/aromatic N) is 1. The third-order valence-corrected chi connectivity index (χ3v) is 4.28. The molecule has 0 aromatic heterocycles. The van der Waals surface area contributed by atoms with E-state index in [1.54, 1.807) is 0 Å². The molecule has 0 bridgehead atoms. The topological polar surface area (TPSA) is 15.8 Å². The lowest BCUT2D eigenvalue weighted by Crippen LogP contribution is -2.12. The van der Waals surface area contributed by atoms with E-state index >= 15 is 0 Å². The molecule has 2 nitrogen and oxygen atoms in total. The van der Waals surface area contributed by atoms with Crippen molar-refractivity contribution in [1.29, 1.82) is 0 Å². The van der Waals surface area contributed by atoms with Crippen molar-refractivity contribution in [1.82, 2.24) is 4.90 Å². The molecule has 0 spiro atoms. The third kappa shape index (κ3) is 12.9. The highest BCUT2D eigenvalue weighted by atomic mass is 16.6. The number of ether oxygens (including phenoxy) is 1. The van der Waals surface area contributed by atoms with Crippen molar-refractivity contribution in [2.75, 3.05) is 27.2 Å². The van der Waals surface area contributed by atoms with Gasteiger partial charge in [0.25, 0.3) is 0 Å². The third-order valence-electron chi connectivity index (χ3n) is 4.28. The summed E-state index contributed by atoms with van der Waals surface area (Å²) in [5.41, 5.74) is 0. The van der Waals surface area contributed by atoms with Crippen LogP contribution < -0.4 is 0 Å². The van der Waals surface area contributed by atoms with Gasteiger partial charge in [-0.15, -0.1) is 0 Å². The van der Waals surface area contributed by atoms with Gasteiger partial charge >= 0.3 is 0 Å². The fourth-order valence-corrected chi connectivity index (χ4v) is 2.80. The first-order valence-corrected chi connectivity index (χ1v) is 9.05. The van der Waals surface area contributed by atoms with Crippen LogP contribution in [0.2, 0.25) is 0 Å². The smallest absolute Gasteiger partial charge is 0.0810 e. The summed E-state index contributed by atoms with van der Waals surface area (Å²) in [4.78, 5) is 2.29. The zero-order valence-corrected chi connectivity index (χ0v) is 14.0. The number of unbranched alkanes of at least 4 members (excludes halogenated alkanes) is 11. The molecule has 2 heteroatoms. The first-order valence-electron chi connectivity index (χ1n) is 9.05. The second kappa shape index (κ2) is 12.6. The predicted molar refractivity (Wildman–Crippen MR) is 88.3 cm³/mol. The van der Waals surface area contributed by atoms with Gasteiger partial charge in [-0.25, -0.2) is 0 Å². The summed E-state index contributed by atoms with van der Waals surface area (Å²) < 4.78 is 5.22. The van der Waals surface area contributed by atoms with Gasteiger partial charge in [-0.05, 0) is 33.5 Å². The molecule has 1 aliphatic heterocycles. The van der Waals surface area contributed by atoms with Crippen LogP contribution in [-0.2, 0) is 4.74 Å². The minimum Gasteiger partial charge on any atom is -0.373 e. The second-order valence-electron chi connectivity index (χ2n) is 6.79. The van der Waals surface area contributed by atoms with Crippen molar-refractivity contribution in [3.63, 3.8) is 0 Å². The van der Waals surface area contributed by atoms with Gasteiger partial charge in [-0.3, -0.25) is 0 Å². The Balaban J connectivity index is 1.62. The second-order valence-corrected chi connectivity index (χ2v) is 6.79. The molecule has 1 heterocycles. The summed E-state index contributed by atoms with van der Waals surface area (Å²) in [6.45, 7) is 2.29. The number of rotatable bonds is 15. The van der Waals surface area contributed by atoms with E-state index in [1.165, 1.54) is 90.0 Å². The van der Waals surface area contributed by atoms with Gasteiger partial charge in [0.1, 0.15) is 0 Å². The molecule has 0 aromatic carbocycles. The lowest BCUT2D eigenvalue weighted by molar-refractivity contribution is 0.387. The highest BCUT2D eigenvalue weighted by Crippen LogP contribution is 2.18. The zero-order valence-electron chi connectivity index (χ0n) is 14.0. The molecule has 1 saturated heterocycles. The fourth-order valence-electron chi connectivity index (χ4n) is 2.80. The van der Waals surface area contributed by atoms with Gasteiger partial charge in [0.05, 0.1) is 12.7 Å². The molecule has 0 saturated carbocycles. The average Bonchev–Trinajstić information content (AvgIpc) is 3.23. The molecule has 1 fully saturated rings. The Morgan fingerprint density at radius 1 is 0.700 bits per heavy atom. The Labute approximate surface area is 127 Å². The van der Waals surface area contributed by atoms with E-state index < -0.39 is 0 Å². The van der Waals surface area contributed by atoms with Crippen LogP contribution in [0.1, 0.15) is 83.5 Å². The van der Waals surface area contributed by atoms with Gasteiger partial charge < -0.3 is 9.64 Å². The van der Waals surface area contributed by atoms with Crippen LogP contribution in [0, 0.1) is 0 Å². The fraction of sp³-hybridized carbons (Fsp3) is 1.00. The van der Waals surface area contributed by atoms with E-state index in [1.807, 2.05) is 0 Å². The molecule has 0 N–H and O–H groups in total. The van der Waals surface area contributed by atoms with Crippen molar-refractivity contribution in [2.24, 2.45) is 0 Å². The molecule has 1 unspecified atom stereocenters. The maximum Gasteiger partial charge on any atom is 0.0810 e. The Kier molecular flexibility index (Phi) is 11.4. The molecule has 120 valence electrons. The number of hydrogen-bond donors (Lipinski definition) is 0. The van der Waals surface area contributed by atoms with Crippen molar-refractivity contribution in [2.45, 2.75) is 89.6 Å². The summed E-state index contributed by atoms with van der Waals surface area (Å²) in [5.74, 6) is 0. The van der Waals surface area contributed by atoms with Crippen LogP contribution in [0.3, 0.4) is 0 Å². The summed E-state index contributed by atoms with van der Waals surface area (Å²) in [7, 11) is 4.33. The van der Waals surface area contributed by atoms with E-state index in [0.29, 0.717) is 6.10 Å². The summed E-state index contributed by atoms with van der Waals surface area (Å²) in [5, 5.41) is 0.